The van der Waals surface area contributed by atoms with Crippen molar-refractivity contribution in [3.63, 3.8) is 0 Å². The fraction of sp³-hybridized carbons (Fsp3) is 0.417. The molecule has 2 N–H and O–H groups in total. The lowest BCUT2D eigenvalue weighted by molar-refractivity contribution is -0.120. The Morgan fingerprint density at radius 2 is 1.87 bits per heavy atom. The maximum Gasteiger partial charge on any atom is 0.220 e. The summed E-state index contributed by atoms with van der Waals surface area (Å²) in [6.45, 7) is 3.73. The Balaban J connectivity index is 2.75. The summed E-state index contributed by atoms with van der Waals surface area (Å²) in [4.78, 5) is 11.1. The zero-order chi connectivity index (χ0) is 11.4. The highest BCUT2D eigenvalue weighted by molar-refractivity contribution is 5.75. The summed E-state index contributed by atoms with van der Waals surface area (Å²) in [5, 5.41) is 12.2. The van der Waals surface area contributed by atoms with E-state index in [0.29, 0.717) is 18.6 Å². The third-order valence-corrected chi connectivity index (χ3v) is 2.47. The summed E-state index contributed by atoms with van der Waals surface area (Å²) < 4.78 is 0. The predicted octanol–water partition coefficient (Wildman–Crippen LogP) is 1.69. The van der Waals surface area contributed by atoms with Crippen LogP contribution in [0.4, 0.5) is 0 Å². The van der Waals surface area contributed by atoms with Gasteiger partial charge in [0, 0.05) is 13.5 Å². The number of rotatable bonds is 3. The van der Waals surface area contributed by atoms with Crippen LogP contribution >= 0.6 is 0 Å². The molecule has 1 amide bonds. The summed E-state index contributed by atoms with van der Waals surface area (Å²) in [6, 6.07) is 3.84. The second kappa shape index (κ2) is 4.82. The average molecular weight is 207 g/mol. The zero-order valence-electron chi connectivity index (χ0n) is 9.42. The maximum absolute atomic E-state index is 11.1. The molecule has 1 aromatic carbocycles. The van der Waals surface area contributed by atoms with Gasteiger partial charge in [0.15, 0.2) is 0 Å². The SMILES string of the molecule is CNC(=O)CCc1cc(C)c(O)c(C)c1. The summed E-state index contributed by atoms with van der Waals surface area (Å²) in [6.07, 6.45) is 1.20. The van der Waals surface area contributed by atoms with Gasteiger partial charge < -0.3 is 10.4 Å². The molecule has 1 aromatic rings. The van der Waals surface area contributed by atoms with Crippen molar-refractivity contribution in [3.05, 3.63) is 28.8 Å². The van der Waals surface area contributed by atoms with E-state index in [4.69, 9.17) is 0 Å². The molecule has 0 aliphatic heterocycles. The molecule has 1 rings (SSSR count). The Kier molecular flexibility index (Phi) is 3.72. The van der Waals surface area contributed by atoms with Gasteiger partial charge in [-0.25, -0.2) is 0 Å². The van der Waals surface area contributed by atoms with Crippen LogP contribution in [0.1, 0.15) is 23.1 Å². The van der Waals surface area contributed by atoms with Gasteiger partial charge in [-0.2, -0.15) is 0 Å². The second-order valence-corrected chi connectivity index (χ2v) is 3.75. The Hall–Kier alpha value is -1.51. The van der Waals surface area contributed by atoms with Crippen molar-refractivity contribution >= 4 is 5.91 Å². The van der Waals surface area contributed by atoms with Gasteiger partial charge >= 0.3 is 0 Å². The Morgan fingerprint density at radius 3 is 2.33 bits per heavy atom. The van der Waals surface area contributed by atoms with Crippen LogP contribution in [-0.4, -0.2) is 18.1 Å². The highest BCUT2D eigenvalue weighted by Crippen LogP contribution is 2.23. The lowest BCUT2D eigenvalue weighted by atomic mass is 10.0. The molecule has 0 spiro atoms. The van der Waals surface area contributed by atoms with Gasteiger partial charge in [-0.05, 0) is 37.0 Å². The van der Waals surface area contributed by atoms with E-state index in [1.54, 1.807) is 7.05 Å². The lowest BCUT2D eigenvalue weighted by Gasteiger charge is -2.07. The van der Waals surface area contributed by atoms with E-state index in [2.05, 4.69) is 5.32 Å². The molecule has 3 nitrogen and oxygen atoms in total. The largest absolute Gasteiger partial charge is 0.507 e. The van der Waals surface area contributed by atoms with Crippen LogP contribution in [0, 0.1) is 13.8 Å². The first-order valence-corrected chi connectivity index (χ1v) is 5.04. The van der Waals surface area contributed by atoms with Crippen molar-refractivity contribution in [1.82, 2.24) is 5.32 Å². The van der Waals surface area contributed by atoms with E-state index in [9.17, 15) is 9.90 Å². The van der Waals surface area contributed by atoms with Gasteiger partial charge in [0.05, 0.1) is 0 Å². The number of benzene rings is 1. The number of carbonyl (C=O) groups is 1. The van der Waals surface area contributed by atoms with Crippen LogP contribution in [0.2, 0.25) is 0 Å². The molecule has 3 heteroatoms. The van der Waals surface area contributed by atoms with Gasteiger partial charge in [0.25, 0.3) is 0 Å². The van der Waals surface area contributed by atoms with Crippen LogP contribution in [0.5, 0.6) is 5.75 Å². The van der Waals surface area contributed by atoms with E-state index in [-0.39, 0.29) is 5.91 Å². The minimum absolute atomic E-state index is 0.0402. The predicted molar refractivity (Wildman–Crippen MR) is 60.0 cm³/mol. The first-order valence-electron chi connectivity index (χ1n) is 5.04. The fourth-order valence-corrected chi connectivity index (χ4v) is 1.57. The number of nitrogens with one attached hydrogen (secondary N) is 1. The second-order valence-electron chi connectivity index (χ2n) is 3.75. The topological polar surface area (TPSA) is 49.3 Å². The molecular weight excluding hydrogens is 190 g/mol. The van der Waals surface area contributed by atoms with Gasteiger partial charge in [-0.1, -0.05) is 12.1 Å². The number of carbonyl (C=O) groups excluding carboxylic acids is 1. The van der Waals surface area contributed by atoms with E-state index in [0.717, 1.165) is 16.7 Å². The van der Waals surface area contributed by atoms with Crippen molar-refractivity contribution in [2.24, 2.45) is 0 Å². The summed E-state index contributed by atoms with van der Waals surface area (Å²) in [5.41, 5.74) is 2.82. The Labute approximate surface area is 90.1 Å². The molecule has 0 bridgehead atoms. The van der Waals surface area contributed by atoms with Gasteiger partial charge in [-0.15, -0.1) is 0 Å². The molecule has 0 fully saturated rings. The standard InChI is InChI=1S/C12H17NO2/c1-8-6-10(4-5-11(14)13-3)7-9(2)12(8)15/h6-7,15H,4-5H2,1-3H3,(H,13,14). The zero-order valence-corrected chi connectivity index (χ0v) is 9.42. The molecular formula is C12H17NO2. The average Bonchev–Trinajstić information content (AvgIpc) is 2.22. The van der Waals surface area contributed by atoms with Crippen LogP contribution in [0.25, 0.3) is 0 Å². The Morgan fingerprint density at radius 1 is 1.33 bits per heavy atom. The molecule has 82 valence electrons. The molecule has 15 heavy (non-hydrogen) atoms. The highest BCUT2D eigenvalue weighted by Gasteiger charge is 2.05. The summed E-state index contributed by atoms with van der Waals surface area (Å²) in [7, 11) is 1.63. The molecule has 0 aromatic heterocycles. The van der Waals surface area contributed by atoms with E-state index in [1.165, 1.54) is 0 Å². The van der Waals surface area contributed by atoms with Gasteiger partial charge in [0.1, 0.15) is 5.75 Å². The lowest BCUT2D eigenvalue weighted by Crippen LogP contribution is -2.17. The van der Waals surface area contributed by atoms with Crippen molar-refractivity contribution in [2.75, 3.05) is 7.05 Å². The first-order chi connectivity index (χ1) is 7.04. The van der Waals surface area contributed by atoms with E-state index < -0.39 is 0 Å². The molecule has 0 saturated heterocycles. The number of aryl methyl sites for hydroxylation is 3. The first kappa shape index (κ1) is 11.6. The number of hydrogen-bond donors (Lipinski definition) is 2. The van der Waals surface area contributed by atoms with Crippen LogP contribution in [-0.2, 0) is 11.2 Å². The number of amides is 1. The van der Waals surface area contributed by atoms with Gasteiger partial charge in [-0.3, -0.25) is 4.79 Å². The number of phenols is 1. The monoisotopic (exact) mass is 207 g/mol. The van der Waals surface area contributed by atoms with Crippen LogP contribution in [0.3, 0.4) is 0 Å². The maximum atomic E-state index is 11.1. The molecule has 0 heterocycles. The normalized spacial score (nSPS) is 10.1. The highest BCUT2D eigenvalue weighted by atomic mass is 16.3. The molecule has 0 atom stereocenters. The molecule has 0 saturated carbocycles. The van der Waals surface area contributed by atoms with Crippen LogP contribution in [0.15, 0.2) is 12.1 Å². The van der Waals surface area contributed by atoms with Crippen molar-refractivity contribution in [2.45, 2.75) is 26.7 Å². The molecule has 0 radical (unpaired) electrons. The molecule has 0 unspecified atom stereocenters. The number of phenolic OH excluding ortho intramolecular Hbond substituents is 1. The summed E-state index contributed by atoms with van der Waals surface area (Å²) in [5.74, 6) is 0.386. The minimum atomic E-state index is 0.0402. The smallest absolute Gasteiger partial charge is 0.220 e. The van der Waals surface area contributed by atoms with Crippen molar-refractivity contribution < 1.29 is 9.90 Å². The fourth-order valence-electron chi connectivity index (χ4n) is 1.57. The Bertz CT molecular complexity index is 349. The molecule has 0 aliphatic carbocycles. The summed E-state index contributed by atoms with van der Waals surface area (Å²) >= 11 is 0. The quantitative estimate of drug-likeness (QED) is 0.792. The van der Waals surface area contributed by atoms with Crippen molar-refractivity contribution in [1.29, 1.82) is 0 Å². The van der Waals surface area contributed by atoms with Crippen LogP contribution < -0.4 is 5.32 Å². The van der Waals surface area contributed by atoms with Crippen molar-refractivity contribution in [3.8, 4) is 5.75 Å². The van der Waals surface area contributed by atoms with Gasteiger partial charge in [0.2, 0.25) is 5.91 Å². The minimum Gasteiger partial charge on any atom is -0.507 e. The number of aromatic hydroxyl groups is 1. The third-order valence-electron chi connectivity index (χ3n) is 2.47. The van der Waals surface area contributed by atoms with E-state index >= 15 is 0 Å². The number of hydrogen-bond acceptors (Lipinski definition) is 2. The van der Waals surface area contributed by atoms with E-state index in [1.807, 2.05) is 26.0 Å². The third kappa shape index (κ3) is 2.98. The molecule has 0 aliphatic rings.